The molecular formula is C5H12ClNO3S. The third-order valence-electron chi connectivity index (χ3n) is 1.08. The maximum atomic E-state index is 10.5. The van der Waals surface area contributed by atoms with Crippen molar-refractivity contribution in [1.29, 1.82) is 0 Å². The lowest BCUT2D eigenvalue weighted by Gasteiger charge is -2.00. The lowest BCUT2D eigenvalue weighted by molar-refractivity contribution is 0.306. The van der Waals surface area contributed by atoms with E-state index in [1.165, 1.54) is 0 Å². The molecule has 0 aromatic carbocycles. The highest BCUT2D eigenvalue weighted by molar-refractivity contribution is 7.85. The van der Waals surface area contributed by atoms with E-state index in [9.17, 15) is 8.42 Å². The number of hydrogen-bond donors (Lipinski definition) is 1. The quantitative estimate of drug-likeness (QED) is 0.519. The second-order valence-corrected chi connectivity index (χ2v) is 3.82. The van der Waals surface area contributed by atoms with Crippen LogP contribution in [0.15, 0.2) is 0 Å². The van der Waals surface area contributed by atoms with Crippen molar-refractivity contribution in [1.82, 2.24) is 4.24 Å². The van der Waals surface area contributed by atoms with Gasteiger partial charge < -0.3 is 0 Å². The molecular weight excluding hydrogens is 190 g/mol. The van der Waals surface area contributed by atoms with Gasteiger partial charge in [0, 0.05) is 0 Å². The maximum Gasteiger partial charge on any atom is 0.349 e. The first-order valence-electron chi connectivity index (χ1n) is 3.39. The van der Waals surface area contributed by atoms with Crippen molar-refractivity contribution >= 4 is 22.1 Å². The predicted octanol–water partition coefficient (Wildman–Crippen LogP) is 1.18. The van der Waals surface area contributed by atoms with Gasteiger partial charge >= 0.3 is 10.3 Å². The third-order valence-corrected chi connectivity index (χ3v) is 2.31. The molecule has 68 valence electrons. The van der Waals surface area contributed by atoms with E-state index in [0.717, 1.165) is 19.3 Å². The normalized spacial score (nSPS) is 11.8. The van der Waals surface area contributed by atoms with E-state index in [4.69, 9.17) is 11.8 Å². The molecule has 0 unspecified atom stereocenters. The molecule has 0 spiro atoms. The average molecular weight is 202 g/mol. The van der Waals surface area contributed by atoms with Crippen LogP contribution in [0.1, 0.15) is 26.2 Å². The smallest absolute Gasteiger partial charge is 0.257 e. The van der Waals surface area contributed by atoms with E-state index < -0.39 is 10.3 Å². The minimum atomic E-state index is -3.68. The summed E-state index contributed by atoms with van der Waals surface area (Å²) in [6.07, 6.45) is 2.71. The summed E-state index contributed by atoms with van der Waals surface area (Å²) in [6, 6.07) is 0. The van der Waals surface area contributed by atoms with Gasteiger partial charge in [0.1, 0.15) is 0 Å². The molecule has 0 heterocycles. The molecule has 0 rings (SSSR count). The molecule has 1 N–H and O–H groups in total. The van der Waals surface area contributed by atoms with Crippen LogP contribution < -0.4 is 4.24 Å². The van der Waals surface area contributed by atoms with Crippen molar-refractivity contribution < 1.29 is 12.6 Å². The van der Waals surface area contributed by atoms with Gasteiger partial charge in [-0.1, -0.05) is 19.8 Å². The number of nitrogens with one attached hydrogen (secondary N) is 1. The van der Waals surface area contributed by atoms with E-state index in [0.29, 0.717) is 0 Å². The summed E-state index contributed by atoms with van der Waals surface area (Å²) in [5, 5.41) is 0. The van der Waals surface area contributed by atoms with Crippen LogP contribution >= 0.6 is 11.8 Å². The molecule has 0 aliphatic carbocycles. The van der Waals surface area contributed by atoms with Crippen LogP contribution in [-0.4, -0.2) is 15.0 Å². The Bertz CT molecular complexity index is 180. The predicted molar refractivity (Wildman–Crippen MR) is 43.4 cm³/mol. The van der Waals surface area contributed by atoms with Crippen LogP contribution in [0.2, 0.25) is 0 Å². The molecule has 11 heavy (non-hydrogen) atoms. The molecule has 0 radical (unpaired) electrons. The fraction of sp³-hybridized carbons (Fsp3) is 1.00. The highest BCUT2D eigenvalue weighted by Gasteiger charge is 2.06. The molecule has 0 fully saturated rings. The number of halogens is 1. The summed E-state index contributed by atoms with van der Waals surface area (Å²) in [6.45, 7) is 2.21. The van der Waals surface area contributed by atoms with E-state index >= 15 is 0 Å². The standard InChI is InChI=1S/C5H12ClNO3S/c1-2-3-4-5-10-11(8,9)7-6/h7H,2-5H2,1H3. The molecule has 0 atom stereocenters. The molecule has 0 aliphatic heterocycles. The van der Waals surface area contributed by atoms with E-state index in [1.807, 2.05) is 6.92 Å². The van der Waals surface area contributed by atoms with Gasteiger partial charge in [0.25, 0.3) is 0 Å². The van der Waals surface area contributed by atoms with Crippen LogP contribution in [0.3, 0.4) is 0 Å². The molecule has 6 heteroatoms. The van der Waals surface area contributed by atoms with Crippen molar-refractivity contribution in [2.45, 2.75) is 26.2 Å². The van der Waals surface area contributed by atoms with Crippen molar-refractivity contribution in [2.75, 3.05) is 6.61 Å². The second kappa shape index (κ2) is 5.77. The molecule has 0 amide bonds. The summed E-state index contributed by atoms with van der Waals surface area (Å²) >= 11 is 4.84. The van der Waals surface area contributed by atoms with Crippen LogP contribution in [0.4, 0.5) is 0 Å². The summed E-state index contributed by atoms with van der Waals surface area (Å²) in [4.78, 5) is 0. The van der Waals surface area contributed by atoms with Gasteiger partial charge in [-0.05, 0) is 18.2 Å². The molecule has 0 saturated carbocycles. The van der Waals surface area contributed by atoms with E-state index in [-0.39, 0.29) is 6.61 Å². The number of unbranched alkanes of at least 4 members (excludes halogenated alkanes) is 2. The molecule has 4 nitrogen and oxygen atoms in total. The maximum absolute atomic E-state index is 10.5. The summed E-state index contributed by atoms with van der Waals surface area (Å²) in [5.41, 5.74) is 0. The van der Waals surface area contributed by atoms with Crippen molar-refractivity contribution in [3.63, 3.8) is 0 Å². The first kappa shape index (κ1) is 11.2. The van der Waals surface area contributed by atoms with Gasteiger partial charge in [-0.3, -0.25) is 4.18 Å². The van der Waals surface area contributed by atoms with Gasteiger partial charge in [0.2, 0.25) is 0 Å². The Hall–Kier alpha value is 0.160. The third kappa shape index (κ3) is 6.55. The topological polar surface area (TPSA) is 55.4 Å². The van der Waals surface area contributed by atoms with Crippen molar-refractivity contribution in [2.24, 2.45) is 0 Å². The average Bonchev–Trinajstić information content (AvgIpc) is 1.99. The Kier molecular flexibility index (Phi) is 5.85. The highest BCUT2D eigenvalue weighted by Crippen LogP contribution is 1.97. The number of rotatable bonds is 6. The van der Waals surface area contributed by atoms with E-state index in [2.05, 4.69) is 4.18 Å². The zero-order valence-corrected chi connectivity index (χ0v) is 7.91. The molecule has 0 bridgehead atoms. The minimum Gasteiger partial charge on any atom is -0.257 e. The van der Waals surface area contributed by atoms with Crippen LogP contribution in [0, 0.1) is 0 Å². The van der Waals surface area contributed by atoms with Gasteiger partial charge in [-0.2, -0.15) is 8.42 Å². The van der Waals surface area contributed by atoms with Gasteiger partial charge in [-0.25, -0.2) is 0 Å². The zero-order chi connectivity index (χ0) is 8.74. The SMILES string of the molecule is CCCCCOS(=O)(=O)NCl. The fourth-order valence-corrected chi connectivity index (χ4v) is 1.06. The van der Waals surface area contributed by atoms with Crippen LogP contribution in [-0.2, 0) is 14.5 Å². The monoisotopic (exact) mass is 201 g/mol. The molecule has 0 saturated heterocycles. The molecule has 0 aromatic rings. The van der Waals surface area contributed by atoms with Gasteiger partial charge in [0.05, 0.1) is 6.61 Å². The lowest BCUT2D eigenvalue weighted by atomic mass is 10.3. The molecule has 0 aliphatic rings. The number of hydrogen-bond acceptors (Lipinski definition) is 3. The fourth-order valence-electron chi connectivity index (χ4n) is 0.543. The minimum absolute atomic E-state index is 0.190. The summed E-state index contributed by atoms with van der Waals surface area (Å²) in [5.74, 6) is 0. The van der Waals surface area contributed by atoms with Crippen molar-refractivity contribution in [3.8, 4) is 0 Å². The van der Waals surface area contributed by atoms with Gasteiger partial charge in [0.15, 0.2) is 0 Å². The van der Waals surface area contributed by atoms with Crippen molar-refractivity contribution in [3.05, 3.63) is 0 Å². The second-order valence-electron chi connectivity index (χ2n) is 2.06. The molecule has 0 aromatic heterocycles. The van der Waals surface area contributed by atoms with Gasteiger partial charge in [-0.15, -0.1) is 4.24 Å². The zero-order valence-electron chi connectivity index (χ0n) is 6.34. The Balaban J connectivity index is 3.39. The largest absolute Gasteiger partial charge is 0.349 e. The Morgan fingerprint density at radius 2 is 2.09 bits per heavy atom. The highest BCUT2D eigenvalue weighted by atomic mass is 35.5. The Morgan fingerprint density at radius 1 is 1.45 bits per heavy atom. The first-order chi connectivity index (χ1) is 5.12. The Morgan fingerprint density at radius 3 is 2.55 bits per heavy atom. The summed E-state index contributed by atoms with van der Waals surface area (Å²) < 4.78 is 26.9. The van der Waals surface area contributed by atoms with E-state index in [1.54, 1.807) is 4.24 Å². The Labute approximate surface area is 72.2 Å². The van der Waals surface area contributed by atoms with Crippen LogP contribution in [0.25, 0.3) is 0 Å². The van der Waals surface area contributed by atoms with Crippen LogP contribution in [0.5, 0.6) is 0 Å². The summed E-state index contributed by atoms with van der Waals surface area (Å²) in [7, 11) is -3.68. The first-order valence-corrected chi connectivity index (χ1v) is 5.18. The lowest BCUT2D eigenvalue weighted by Crippen LogP contribution is -2.17.